The second-order valence-corrected chi connectivity index (χ2v) is 7.10. The number of aliphatic hydroxyl groups is 1. The maximum Gasteiger partial charge on any atom is 0.251 e. The first-order valence-electron chi connectivity index (χ1n) is 7.68. The molecule has 1 aromatic carbocycles. The average molecular weight is 364 g/mol. The van der Waals surface area contributed by atoms with Crippen LogP contribution in [0.4, 0.5) is 0 Å². The Morgan fingerprint density at radius 2 is 1.88 bits per heavy atom. The number of amides is 1. The zero-order valence-electron chi connectivity index (χ0n) is 13.8. The van der Waals surface area contributed by atoms with E-state index in [0.29, 0.717) is 24.2 Å². The van der Waals surface area contributed by atoms with Gasteiger partial charge in [-0.25, -0.2) is 13.1 Å². The Balaban J connectivity index is 1.99. The minimum absolute atomic E-state index is 0.00547. The van der Waals surface area contributed by atoms with Crippen molar-refractivity contribution < 1.29 is 18.3 Å². The molecule has 134 valence electrons. The lowest BCUT2D eigenvalue weighted by Crippen LogP contribution is -2.26. The first kappa shape index (κ1) is 19.0. The largest absolute Gasteiger partial charge is 0.396 e. The summed E-state index contributed by atoms with van der Waals surface area (Å²) in [4.78, 5) is 20.0. The lowest BCUT2D eigenvalue weighted by Gasteiger charge is -2.08. The van der Waals surface area contributed by atoms with E-state index in [1.165, 1.54) is 30.5 Å². The van der Waals surface area contributed by atoms with Gasteiger partial charge < -0.3 is 10.4 Å². The van der Waals surface area contributed by atoms with E-state index >= 15 is 0 Å². The van der Waals surface area contributed by atoms with Crippen molar-refractivity contribution in [3.63, 3.8) is 0 Å². The molecule has 25 heavy (non-hydrogen) atoms. The van der Waals surface area contributed by atoms with Crippen molar-refractivity contribution in [3.05, 3.63) is 53.6 Å². The highest BCUT2D eigenvalue weighted by Gasteiger charge is 2.15. The van der Waals surface area contributed by atoms with Crippen molar-refractivity contribution in [2.24, 2.45) is 0 Å². The van der Waals surface area contributed by atoms with Gasteiger partial charge in [-0.3, -0.25) is 14.8 Å². The number of nitrogens with zero attached hydrogens (tertiary/aromatic N) is 2. The zero-order chi connectivity index (χ0) is 18.3. The van der Waals surface area contributed by atoms with E-state index in [1.807, 2.05) is 0 Å². The number of rotatable bonds is 8. The number of aryl methyl sites for hydroxylation is 1. The Bertz CT molecular complexity index is 805. The van der Waals surface area contributed by atoms with Gasteiger partial charge in [0, 0.05) is 24.9 Å². The van der Waals surface area contributed by atoms with Gasteiger partial charge in [-0.1, -0.05) is 0 Å². The van der Waals surface area contributed by atoms with Crippen LogP contribution in [0.5, 0.6) is 0 Å². The van der Waals surface area contributed by atoms with Gasteiger partial charge in [0.2, 0.25) is 10.0 Å². The molecule has 0 radical (unpaired) electrons. The fourth-order valence-electron chi connectivity index (χ4n) is 1.93. The van der Waals surface area contributed by atoms with Crippen LogP contribution in [0, 0.1) is 6.92 Å². The Morgan fingerprint density at radius 1 is 1.16 bits per heavy atom. The fourth-order valence-corrected chi connectivity index (χ4v) is 2.93. The molecule has 0 aliphatic heterocycles. The number of carbonyl (C=O) groups is 1. The van der Waals surface area contributed by atoms with E-state index in [-0.39, 0.29) is 24.0 Å². The molecule has 8 nitrogen and oxygen atoms in total. The Hall–Kier alpha value is -2.36. The second-order valence-electron chi connectivity index (χ2n) is 5.33. The molecular formula is C16H20N4O4S. The molecule has 1 aromatic heterocycles. The van der Waals surface area contributed by atoms with Gasteiger partial charge in [0.25, 0.3) is 5.91 Å². The third kappa shape index (κ3) is 5.59. The van der Waals surface area contributed by atoms with Crippen LogP contribution in [-0.2, 0) is 16.6 Å². The molecule has 0 aliphatic rings. The Kier molecular flexibility index (Phi) is 6.57. The Morgan fingerprint density at radius 3 is 2.48 bits per heavy atom. The molecular weight excluding hydrogens is 344 g/mol. The number of hydrogen-bond acceptors (Lipinski definition) is 6. The molecule has 0 unspecified atom stereocenters. The van der Waals surface area contributed by atoms with Crippen LogP contribution in [0.15, 0.2) is 41.6 Å². The fraction of sp³-hybridized carbons (Fsp3) is 0.312. The van der Waals surface area contributed by atoms with Crippen LogP contribution in [-0.4, -0.2) is 42.6 Å². The maximum atomic E-state index is 12.3. The molecule has 0 bridgehead atoms. The number of aliphatic hydroxyl groups excluding tert-OH is 1. The predicted octanol–water partition coefficient (Wildman–Crippen LogP) is 0.376. The highest BCUT2D eigenvalue weighted by molar-refractivity contribution is 7.89. The summed E-state index contributed by atoms with van der Waals surface area (Å²) in [5.74, 6) is -0.319. The first-order chi connectivity index (χ1) is 11.9. The number of nitrogens with one attached hydrogen (secondary N) is 2. The monoisotopic (exact) mass is 364 g/mol. The van der Waals surface area contributed by atoms with E-state index in [2.05, 4.69) is 20.0 Å². The van der Waals surface area contributed by atoms with Crippen LogP contribution >= 0.6 is 0 Å². The quantitative estimate of drug-likeness (QED) is 0.582. The first-order valence-corrected chi connectivity index (χ1v) is 9.17. The summed E-state index contributed by atoms with van der Waals surface area (Å²) in [5.41, 5.74) is 1.61. The van der Waals surface area contributed by atoms with Crippen molar-refractivity contribution in [2.75, 3.05) is 13.2 Å². The van der Waals surface area contributed by atoms with Crippen molar-refractivity contribution >= 4 is 15.9 Å². The average Bonchev–Trinajstić information content (AvgIpc) is 2.61. The van der Waals surface area contributed by atoms with Crippen LogP contribution < -0.4 is 10.0 Å². The molecule has 2 rings (SSSR count). The second kappa shape index (κ2) is 8.65. The summed E-state index contributed by atoms with van der Waals surface area (Å²) in [5, 5.41) is 11.3. The molecule has 3 N–H and O–H groups in total. The van der Waals surface area contributed by atoms with Crippen molar-refractivity contribution in [2.45, 2.75) is 24.8 Å². The third-order valence-corrected chi connectivity index (χ3v) is 4.74. The smallest absolute Gasteiger partial charge is 0.251 e. The van der Waals surface area contributed by atoms with E-state index in [0.717, 1.165) is 5.69 Å². The number of sulfonamides is 1. The summed E-state index contributed by atoms with van der Waals surface area (Å²) < 4.78 is 27.0. The molecule has 0 fully saturated rings. The molecule has 0 spiro atoms. The van der Waals surface area contributed by atoms with Crippen LogP contribution in [0.3, 0.4) is 0 Å². The third-order valence-electron chi connectivity index (χ3n) is 3.32. The van der Waals surface area contributed by atoms with E-state index in [1.54, 1.807) is 13.1 Å². The normalized spacial score (nSPS) is 11.3. The van der Waals surface area contributed by atoms with Gasteiger partial charge in [-0.15, -0.1) is 0 Å². The molecule has 2 aromatic rings. The molecule has 0 saturated carbocycles. The number of carbonyl (C=O) groups excluding carboxylic acids is 1. The number of hydrogen-bond donors (Lipinski definition) is 3. The van der Waals surface area contributed by atoms with E-state index in [4.69, 9.17) is 5.11 Å². The lowest BCUT2D eigenvalue weighted by atomic mass is 10.2. The van der Waals surface area contributed by atoms with Gasteiger partial charge in [0.1, 0.15) is 0 Å². The number of aromatic nitrogens is 2. The van der Waals surface area contributed by atoms with Gasteiger partial charge in [0.15, 0.2) is 0 Å². The van der Waals surface area contributed by atoms with Crippen molar-refractivity contribution in [1.82, 2.24) is 20.0 Å². The summed E-state index contributed by atoms with van der Waals surface area (Å²) in [6, 6.07) is 5.61. The van der Waals surface area contributed by atoms with Crippen molar-refractivity contribution in [1.29, 1.82) is 0 Å². The summed E-state index contributed by atoms with van der Waals surface area (Å²) in [6.45, 7) is 2.17. The summed E-state index contributed by atoms with van der Waals surface area (Å²) in [7, 11) is -3.71. The molecule has 0 atom stereocenters. The molecule has 0 aliphatic carbocycles. The van der Waals surface area contributed by atoms with Crippen molar-refractivity contribution in [3.8, 4) is 0 Å². The van der Waals surface area contributed by atoms with Gasteiger partial charge in [-0.2, -0.15) is 0 Å². The van der Waals surface area contributed by atoms with Crippen LogP contribution in [0.25, 0.3) is 0 Å². The van der Waals surface area contributed by atoms with Crippen LogP contribution in [0.1, 0.15) is 28.2 Å². The topological polar surface area (TPSA) is 121 Å². The summed E-state index contributed by atoms with van der Waals surface area (Å²) >= 11 is 0. The van der Waals surface area contributed by atoms with Crippen LogP contribution in [0.2, 0.25) is 0 Å². The SMILES string of the molecule is Cc1cnc(CNS(=O)(=O)c2ccc(C(=O)NCCCO)cc2)cn1. The minimum atomic E-state index is -3.71. The van der Waals surface area contributed by atoms with E-state index in [9.17, 15) is 13.2 Å². The van der Waals surface area contributed by atoms with Gasteiger partial charge >= 0.3 is 0 Å². The highest BCUT2D eigenvalue weighted by atomic mass is 32.2. The minimum Gasteiger partial charge on any atom is -0.396 e. The van der Waals surface area contributed by atoms with Gasteiger partial charge in [0.05, 0.1) is 29.0 Å². The molecule has 1 amide bonds. The van der Waals surface area contributed by atoms with E-state index < -0.39 is 10.0 Å². The highest BCUT2D eigenvalue weighted by Crippen LogP contribution is 2.11. The Labute approximate surface area is 146 Å². The summed E-state index contributed by atoms with van der Waals surface area (Å²) in [6.07, 6.45) is 3.54. The predicted molar refractivity (Wildman–Crippen MR) is 91.3 cm³/mol. The molecule has 1 heterocycles. The maximum absolute atomic E-state index is 12.3. The molecule has 9 heteroatoms. The molecule has 0 saturated heterocycles. The van der Waals surface area contributed by atoms with Gasteiger partial charge in [-0.05, 0) is 37.6 Å². The standard InChI is InChI=1S/C16H20N4O4S/c1-12-9-19-14(10-18-12)11-20-25(23,24)15-5-3-13(4-6-15)16(22)17-7-2-8-21/h3-6,9-10,20-21H,2,7-8,11H2,1H3,(H,17,22). The number of benzene rings is 1. The lowest BCUT2D eigenvalue weighted by molar-refractivity contribution is 0.0951. The zero-order valence-corrected chi connectivity index (χ0v) is 14.6.